The van der Waals surface area contributed by atoms with Crippen LogP contribution in [0.25, 0.3) is 0 Å². The van der Waals surface area contributed by atoms with Crippen LogP contribution in [0.4, 0.5) is 0 Å². The Hall–Kier alpha value is -1.84. The Morgan fingerprint density at radius 3 is 2.67 bits per heavy atom. The number of carboxylic acids is 1. The number of hydrogen-bond acceptors (Lipinski definition) is 2. The molecular formula is C17H21NO3. The maximum atomic E-state index is 12.3. The van der Waals surface area contributed by atoms with Crippen molar-refractivity contribution in [2.75, 3.05) is 0 Å². The van der Waals surface area contributed by atoms with Crippen LogP contribution in [-0.2, 0) is 16.0 Å². The molecule has 4 nitrogen and oxygen atoms in total. The Labute approximate surface area is 124 Å². The van der Waals surface area contributed by atoms with Crippen LogP contribution in [0.1, 0.15) is 55.7 Å². The van der Waals surface area contributed by atoms with Crippen LogP contribution in [-0.4, -0.2) is 17.0 Å². The van der Waals surface area contributed by atoms with Gasteiger partial charge in [0, 0.05) is 6.42 Å². The van der Waals surface area contributed by atoms with Crippen LogP contribution >= 0.6 is 0 Å². The zero-order valence-corrected chi connectivity index (χ0v) is 12.1. The Bertz CT molecular complexity index is 563. The first kappa shape index (κ1) is 14.1. The number of carbonyl (C=O) groups excluding carboxylic acids is 1. The van der Waals surface area contributed by atoms with E-state index in [1.54, 1.807) is 0 Å². The number of hydrogen-bond donors (Lipinski definition) is 2. The average Bonchev–Trinajstić information content (AvgIpc) is 2.43. The monoisotopic (exact) mass is 287 g/mol. The highest BCUT2D eigenvalue weighted by Gasteiger charge is 2.46. The number of nitrogens with one attached hydrogen (secondary N) is 1. The van der Waals surface area contributed by atoms with Crippen molar-refractivity contribution in [3.63, 3.8) is 0 Å². The summed E-state index contributed by atoms with van der Waals surface area (Å²) in [4.78, 5) is 23.6. The SMILES string of the molecule is O=C(CC1(C(=O)O)CCC1)NC1CCCc2ccccc21. The molecule has 0 bridgehead atoms. The summed E-state index contributed by atoms with van der Waals surface area (Å²) in [5, 5.41) is 12.4. The van der Waals surface area contributed by atoms with Crippen LogP contribution in [0.5, 0.6) is 0 Å². The molecule has 1 saturated carbocycles. The van der Waals surface area contributed by atoms with E-state index >= 15 is 0 Å². The van der Waals surface area contributed by atoms with E-state index in [0.29, 0.717) is 12.8 Å². The lowest BCUT2D eigenvalue weighted by Crippen LogP contribution is -2.43. The van der Waals surface area contributed by atoms with Crippen LogP contribution in [0.3, 0.4) is 0 Å². The molecule has 1 unspecified atom stereocenters. The number of carboxylic acid groups (broad SMARTS) is 1. The summed E-state index contributed by atoms with van der Waals surface area (Å²) >= 11 is 0. The van der Waals surface area contributed by atoms with Gasteiger partial charge in [0.2, 0.25) is 5.91 Å². The molecule has 1 atom stereocenters. The predicted molar refractivity (Wildman–Crippen MR) is 78.8 cm³/mol. The first-order valence-corrected chi connectivity index (χ1v) is 7.71. The van der Waals surface area contributed by atoms with E-state index < -0.39 is 11.4 Å². The van der Waals surface area contributed by atoms with Crippen molar-refractivity contribution in [2.24, 2.45) is 5.41 Å². The van der Waals surface area contributed by atoms with E-state index in [4.69, 9.17) is 0 Å². The first-order chi connectivity index (χ1) is 10.1. The third kappa shape index (κ3) is 2.67. The van der Waals surface area contributed by atoms with Crippen LogP contribution in [0.2, 0.25) is 0 Å². The fourth-order valence-corrected chi connectivity index (χ4v) is 3.53. The molecule has 0 heterocycles. The quantitative estimate of drug-likeness (QED) is 0.895. The largest absolute Gasteiger partial charge is 0.481 e. The molecule has 2 N–H and O–H groups in total. The Morgan fingerprint density at radius 1 is 1.24 bits per heavy atom. The van der Waals surface area contributed by atoms with Crippen molar-refractivity contribution in [3.05, 3.63) is 35.4 Å². The number of aliphatic carboxylic acids is 1. The van der Waals surface area contributed by atoms with E-state index in [1.807, 2.05) is 12.1 Å². The molecule has 0 aliphatic heterocycles. The molecule has 1 aromatic rings. The lowest BCUT2D eigenvalue weighted by molar-refractivity contribution is -0.157. The predicted octanol–water partition coefficient (Wildman–Crippen LogP) is 2.83. The van der Waals surface area contributed by atoms with Gasteiger partial charge in [-0.15, -0.1) is 0 Å². The minimum atomic E-state index is -0.826. The summed E-state index contributed by atoms with van der Waals surface area (Å²) in [6, 6.07) is 8.23. The molecule has 3 rings (SSSR count). The third-order valence-electron chi connectivity index (χ3n) is 4.97. The van der Waals surface area contributed by atoms with E-state index in [0.717, 1.165) is 25.7 Å². The van der Waals surface area contributed by atoms with Crippen molar-refractivity contribution in [3.8, 4) is 0 Å². The van der Waals surface area contributed by atoms with Crippen molar-refractivity contribution < 1.29 is 14.7 Å². The zero-order valence-electron chi connectivity index (χ0n) is 12.1. The van der Waals surface area contributed by atoms with Gasteiger partial charge in [-0.3, -0.25) is 9.59 Å². The van der Waals surface area contributed by atoms with Crippen LogP contribution in [0, 0.1) is 5.41 Å². The van der Waals surface area contributed by atoms with Crippen LogP contribution in [0.15, 0.2) is 24.3 Å². The van der Waals surface area contributed by atoms with Crippen LogP contribution < -0.4 is 5.32 Å². The molecule has 112 valence electrons. The molecule has 2 aliphatic carbocycles. The van der Waals surface area contributed by atoms with E-state index in [1.165, 1.54) is 11.1 Å². The number of amides is 1. The van der Waals surface area contributed by atoms with Crippen molar-refractivity contribution in [2.45, 2.75) is 51.0 Å². The van der Waals surface area contributed by atoms with E-state index in [2.05, 4.69) is 17.4 Å². The molecule has 1 fully saturated rings. The van der Waals surface area contributed by atoms with Gasteiger partial charge in [-0.2, -0.15) is 0 Å². The molecule has 21 heavy (non-hydrogen) atoms. The van der Waals surface area contributed by atoms with Gasteiger partial charge >= 0.3 is 5.97 Å². The molecule has 1 aromatic carbocycles. The van der Waals surface area contributed by atoms with Gasteiger partial charge in [-0.25, -0.2) is 0 Å². The van der Waals surface area contributed by atoms with Crippen molar-refractivity contribution in [1.29, 1.82) is 0 Å². The van der Waals surface area contributed by atoms with Gasteiger partial charge in [0.1, 0.15) is 0 Å². The molecule has 0 spiro atoms. The summed E-state index contributed by atoms with van der Waals surface area (Å²) in [7, 11) is 0. The number of aryl methyl sites for hydroxylation is 1. The van der Waals surface area contributed by atoms with Gasteiger partial charge in [-0.05, 0) is 43.2 Å². The Balaban J connectivity index is 1.67. The number of benzene rings is 1. The highest BCUT2D eigenvalue weighted by Crippen LogP contribution is 2.44. The summed E-state index contributed by atoms with van der Waals surface area (Å²) in [6.45, 7) is 0. The smallest absolute Gasteiger partial charge is 0.310 e. The maximum absolute atomic E-state index is 12.3. The highest BCUT2D eigenvalue weighted by molar-refractivity contribution is 5.85. The lowest BCUT2D eigenvalue weighted by atomic mass is 9.66. The molecule has 4 heteroatoms. The summed E-state index contributed by atoms with van der Waals surface area (Å²) < 4.78 is 0. The maximum Gasteiger partial charge on any atom is 0.310 e. The lowest BCUT2D eigenvalue weighted by Gasteiger charge is -2.37. The zero-order chi connectivity index (χ0) is 14.9. The Kier molecular flexibility index (Phi) is 3.70. The Morgan fingerprint density at radius 2 is 2.00 bits per heavy atom. The topological polar surface area (TPSA) is 66.4 Å². The third-order valence-corrected chi connectivity index (χ3v) is 4.97. The second-order valence-electron chi connectivity index (χ2n) is 6.33. The molecule has 0 saturated heterocycles. The van der Waals surface area contributed by atoms with Gasteiger partial charge in [-0.1, -0.05) is 30.7 Å². The summed E-state index contributed by atoms with van der Waals surface area (Å²) in [5.41, 5.74) is 1.68. The minimum Gasteiger partial charge on any atom is -0.481 e. The summed E-state index contributed by atoms with van der Waals surface area (Å²) in [6.07, 6.45) is 5.32. The van der Waals surface area contributed by atoms with Gasteiger partial charge in [0.15, 0.2) is 0 Å². The highest BCUT2D eigenvalue weighted by atomic mass is 16.4. The molecule has 0 radical (unpaired) electrons. The molecule has 0 aromatic heterocycles. The van der Waals surface area contributed by atoms with Crippen molar-refractivity contribution >= 4 is 11.9 Å². The molecule has 1 amide bonds. The van der Waals surface area contributed by atoms with Gasteiger partial charge in [0.25, 0.3) is 0 Å². The summed E-state index contributed by atoms with van der Waals surface area (Å²) in [5.74, 6) is -0.952. The number of carbonyl (C=O) groups is 2. The molecular weight excluding hydrogens is 266 g/mol. The number of fused-ring (bicyclic) bond motifs is 1. The average molecular weight is 287 g/mol. The molecule has 2 aliphatic rings. The second kappa shape index (κ2) is 5.51. The number of rotatable bonds is 4. The second-order valence-corrected chi connectivity index (χ2v) is 6.33. The van der Waals surface area contributed by atoms with E-state index in [-0.39, 0.29) is 18.4 Å². The van der Waals surface area contributed by atoms with Gasteiger partial charge in [0.05, 0.1) is 11.5 Å². The fraction of sp³-hybridized carbons (Fsp3) is 0.529. The van der Waals surface area contributed by atoms with E-state index in [9.17, 15) is 14.7 Å². The minimum absolute atomic E-state index is 0.0355. The fourth-order valence-electron chi connectivity index (χ4n) is 3.53. The standard InChI is InChI=1S/C17H21NO3/c19-15(11-17(16(20)21)9-4-10-17)18-14-8-3-6-12-5-1-2-7-13(12)14/h1-2,5,7,14H,3-4,6,8-11H2,(H,18,19)(H,20,21). The first-order valence-electron chi connectivity index (χ1n) is 7.71. The van der Waals surface area contributed by atoms with Gasteiger partial charge < -0.3 is 10.4 Å². The normalized spacial score (nSPS) is 22.8. The van der Waals surface area contributed by atoms with Crippen molar-refractivity contribution in [1.82, 2.24) is 5.32 Å².